The highest BCUT2D eigenvalue weighted by atomic mass is 35.5. The fourth-order valence-electron chi connectivity index (χ4n) is 1.34. The summed E-state index contributed by atoms with van der Waals surface area (Å²) in [6.45, 7) is 1.73. The minimum absolute atomic E-state index is 0.0686. The molecule has 0 aliphatic heterocycles. The van der Waals surface area contributed by atoms with Crippen LogP contribution in [0.25, 0.3) is 0 Å². The van der Waals surface area contributed by atoms with E-state index in [1.807, 2.05) is 0 Å². The number of nitrogens with one attached hydrogen (secondary N) is 2. The molecule has 0 unspecified atom stereocenters. The van der Waals surface area contributed by atoms with Crippen LogP contribution >= 0.6 is 35.4 Å². The van der Waals surface area contributed by atoms with Gasteiger partial charge in [-0.25, -0.2) is 4.39 Å². The van der Waals surface area contributed by atoms with Crippen molar-refractivity contribution < 1.29 is 9.18 Å². The molecule has 0 radical (unpaired) electrons. The molecule has 0 saturated carbocycles. The molecule has 0 spiro atoms. The van der Waals surface area contributed by atoms with Gasteiger partial charge in [0, 0.05) is 22.2 Å². The molecule has 2 N–H and O–H groups in total. The molecule has 1 aromatic rings. The largest absolute Gasteiger partial charge is 0.332 e. The topological polar surface area (TPSA) is 41.1 Å². The van der Waals surface area contributed by atoms with E-state index >= 15 is 0 Å². The molecular formula is C14H13Cl2FN2OS. The highest BCUT2D eigenvalue weighted by Crippen LogP contribution is 2.17. The molecule has 1 aromatic carbocycles. The van der Waals surface area contributed by atoms with Crippen LogP contribution < -0.4 is 10.6 Å². The van der Waals surface area contributed by atoms with Crippen molar-refractivity contribution in [2.24, 2.45) is 0 Å². The van der Waals surface area contributed by atoms with Crippen molar-refractivity contribution in [1.29, 1.82) is 0 Å². The van der Waals surface area contributed by atoms with E-state index in [9.17, 15) is 9.18 Å². The van der Waals surface area contributed by atoms with Gasteiger partial charge in [0.15, 0.2) is 5.11 Å². The van der Waals surface area contributed by atoms with Crippen molar-refractivity contribution in [1.82, 2.24) is 5.32 Å². The van der Waals surface area contributed by atoms with Gasteiger partial charge in [-0.3, -0.25) is 4.79 Å². The molecule has 0 aromatic heterocycles. The maximum absolute atomic E-state index is 13.1. The molecule has 1 amide bonds. The van der Waals surface area contributed by atoms with E-state index in [0.29, 0.717) is 10.7 Å². The lowest BCUT2D eigenvalue weighted by Crippen LogP contribution is -2.33. The zero-order valence-electron chi connectivity index (χ0n) is 11.1. The Hall–Kier alpha value is -1.43. The van der Waals surface area contributed by atoms with Crippen molar-refractivity contribution in [2.45, 2.75) is 13.3 Å². The van der Waals surface area contributed by atoms with Crippen LogP contribution in [0, 0.1) is 5.82 Å². The van der Waals surface area contributed by atoms with Gasteiger partial charge in [0.2, 0.25) is 5.91 Å². The monoisotopic (exact) mass is 346 g/mol. The van der Waals surface area contributed by atoms with E-state index < -0.39 is 5.82 Å². The first-order valence-corrected chi connectivity index (χ1v) is 7.09. The van der Waals surface area contributed by atoms with Crippen molar-refractivity contribution in [2.75, 3.05) is 5.32 Å². The number of hydrogen-bond donors (Lipinski definition) is 2. The highest BCUT2D eigenvalue weighted by molar-refractivity contribution is 7.80. The lowest BCUT2D eigenvalue weighted by molar-refractivity contribution is -0.118. The summed E-state index contributed by atoms with van der Waals surface area (Å²) < 4.78 is 13.1. The van der Waals surface area contributed by atoms with Crippen molar-refractivity contribution >= 4 is 52.1 Å². The SMILES string of the molecule is C/C(Cl)=C\C=C/CC(=O)NC(=S)Nc1cc(F)cc(Cl)c1. The van der Waals surface area contributed by atoms with Gasteiger partial charge in [0.25, 0.3) is 0 Å². The van der Waals surface area contributed by atoms with Gasteiger partial charge >= 0.3 is 0 Å². The first-order chi connectivity index (χ1) is 9.86. The first kappa shape index (κ1) is 17.6. The summed E-state index contributed by atoms with van der Waals surface area (Å²) in [4.78, 5) is 11.6. The van der Waals surface area contributed by atoms with Crippen LogP contribution in [0.1, 0.15) is 13.3 Å². The summed E-state index contributed by atoms with van der Waals surface area (Å²) >= 11 is 16.3. The molecule has 0 aliphatic rings. The van der Waals surface area contributed by atoms with Crippen LogP contribution in [0.2, 0.25) is 5.02 Å². The molecule has 0 atom stereocenters. The average molecular weight is 347 g/mol. The van der Waals surface area contributed by atoms with E-state index in [1.165, 1.54) is 18.2 Å². The summed E-state index contributed by atoms with van der Waals surface area (Å²) in [7, 11) is 0. The number of carbonyl (C=O) groups is 1. The Labute approximate surface area is 137 Å². The summed E-state index contributed by atoms with van der Waals surface area (Å²) in [6, 6.07) is 3.89. The lowest BCUT2D eigenvalue weighted by Gasteiger charge is -2.09. The number of thiocarbonyl (C=S) groups is 1. The van der Waals surface area contributed by atoms with Crippen LogP contribution in [0.15, 0.2) is 41.5 Å². The van der Waals surface area contributed by atoms with E-state index in [2.05, 4.69) is 10.6 Å². The maximum atomic E-state index is 13.1. The third-order valence-corrected chi connectivity index (χ3v) is 2.69. The van der Waals surface area contributed by atoms with Crippen LogP contribution in [0.4, 0.5) is 10.1 Å². The Morgan fingerprint density at radius 1 is 1.43 bits per heavy atom. The fraction of sp³-hybridized carbons (Fsp3) is 0.143. The maximum Gasteiger partial charge on any atom is 0.229 e. The van der Waals surface area contributed by atoms with Gasteiger partial charge in [-0.1, -0.05) is 35.4 Å². The smallest absolute Gasteiger partial charge is 0.229 e. The quantitative estimate of drug-likeness (QED) is 0.627. The number of rotatable bonds is 4. The number of halogens is 3. The Morgan fingerprint density at radius 2 is 2.14 bits per heavy atom. The van der Waals surface area contributed by atoms with E-state index in [1.54, 1.807) is 25.2 Å². The third-order valence-electron chi connectivity index (χ3n) is 2.14. The predicted octanol–water partition coefficient (Wildman–Crippen LogP) is 4.38. The number of anilines is 1. The molecule has 0 heterocycles. The molecule has 0 saturated heterocycles. The lowest BCUT2D eigenvalue weighted by atomic mass is 10.3. The summed E-state index contributed by atoms with van der Waals surface area (Å²) in [5.74, 6) is -0.794. The Balaban J connectivity index is 2.48. The Kier molecular flexibility index (Phi) is 7.36. The normalized spacial score (nSPS) is 11.5. The summed E-state index contributed by atoms with van der Waals surface area (Å²) in [6.07, 6.45) is 5.13. The molecular weight excluding hydrogens is 334 g/mol. The second-order valence-corrected chi connectivity index (χ2v) is 5.49. The Bertz CT molecular complexity index is 578. The zero-order valence-corrected chi connectivity index (χ0v) is 13.4. The highest BCUT2D eigenvalue weighted by Gasteiger charge is 2.04. The van der Waals surface area contributed by atoms with Crippen LogP contribution in [0.5, 0.6) is 0 Å². The van der Waals surface area contributed by atoms with Crippen molar-refractivity contribution in [3.63, 3.8) is 0 Å². The minimum atomic E-state index is -0.495. The van der Waals surface area contributed by atoms with Gasteiger partial charge in [-0.2, -0.15) is 0 Å². The number of hydrogen-bond acceptors (Lipinski definition) is 2. The predicted molar refractivity (Wildman–Crippen MR) is 89.1 cm³/mol. The molecule has 0 bridgehead atoms. The van der Waals surface area contributed by atoms with E-state index in [-0.39, 0.29) is 22.5 Å². The zero-order chi connectivity index (χ0) is 15.8. The van der Waals surface area contributed by atoms with Crippen LogP contribution in [-0.4, -0.2) is 11.0 Å². The first-order valence-electron chi connectivity index (χ1n) is 5.92. The van der Waals surface area contributed by atoms with Gasteiger partial charge in [0.05, 0.1) is 0 Å². The molecule has 7 heteroatoms. The molecule has 3 nitrogen and oxygen atoms in total. The number of allylic oxidation sites excluding steroid dienone is 3. The van der Waals surface area contributed by atoms with E-state index in [4.69, 9.17) is 35.4 Å². The number of amides is 1. The van der Waals surface area contributed by atoms with Crippen molar-refractivity contribution in [3.8, 4) is 0 Å². The van der Waals surface area contributed by atoms with Gasteiger partial charge in [0.1, 0.15) is 5.82 Å². The molecule has 0 aliphatic carbocycles. The second-order valence-electron chi connectivity index (χ2n) is 4.05. The van der Waals surface area contributed by atoms with Crippen LogP contribution in [-0.2, 0) is 4.79 Å². The Morgan fingerprint density at radius 3 is 2.76 bits per heavy atom. The summed E-state index contributed by atoms with van der Waals surface area (Å²) in [5, 5.41) is 6.07. The van der Waals surface area contributed by atoms with Gasteiger partial charge in [-0.05, 0) is 43.4 Å². The molecule has 0 fully saturated rings. The molecule has 1 rings (SSSR count). The van der Waals surface area contributed by atoms with Gasteiger partial charge < -0.3 is 10.6 Å². The summed E-state index contributed by atoms with van der Waals surface area (Å²) in [5.41, 5.74) is 0.363. The fourth-order valence-corrected chi connectivity index (χ4v) is 1.87. The molecule has 21 heavy (non-hydrogen) atoms. The van der Waals surface area contributed by atoms with Crippen LogP contribution in [0.3, 0.4) is 0 Å². The number of carbonyl (C=O) groups excluding carboxylic acids is 1. The molecule has 112 valence electrons. The third kappa shape index (κ3) is 7.80. The minimum Gasteiger partial charge on any atom is -0.332 e. The second kappa shape index (κ2) is 8.77. The average Bonchev–Trinajstić information content (AvgIpc) is 2.32. The van der Waals surface area contributed by atoms with E-state index in [0.717, 1.165) is 0 Å². The standard InChI is InChI=1S/C14H13Cl2FN2OS/c1-9(15)4-2-3-5-13(20)19-14(21)18-12-7-10(16)6-11(17)8-12/h2-4,6-8H,5H2,1H3,(H2,18,19,20,21)/b3-2-,9-4+. The number of benzene rings is 1. The van der Waals surface area contributed by atoms with Gasteiger partial charge in [-0.15, -0.1) is 0 Å². The van der Waals surface area contributed by atoms with Crippen molar-refractivity contribution in [3.05, 3.63) is 52.3 Å².